The van der Waals surface area contributed by atoms with Crippen molar-refractivity contribution in [3.05, 3.63) is 22.2 Å². The second-order valence-electron chi connectivity index (χ2n) is 3.71. The molecule has 0 aliphatic carbocycles. The highest BCUT2D eigenvalue weighted by Gasteiger charge is 2.62. The Labute approximate surface area is 128 Å². The summed E-state index contributed by atoms with van der Waals surface area (Å²) in [6, 6.07) is 2.32. The number of benzene rings is 1. The lowest BCUT2D eigenvalue weighted by atomic mass is 10.1. The third kappa shape index (κ3) is 3.19. The van der Waals surface area contributed by atoms with Gasteiger partial charge in [-0.15, -0.1) is 0 Å². The van der Waals surface area contributed by atoms with E-state index in [1.165, 1.54) is 20.3 Å². The van der Waals surface area contributed by atoms with Crippen LogP contribution in [0.3, 0.4) is 0 Å². The molecule has 9 heteroatoms. The Morgan fingerprint density at radius 2 is 1.45 bits per heavy atom. The third-order valence-corrected chi connectivity index (χ3v) is 4.23. The molecular weight excluding hydrogens is 419 g/mol. The van der Waals surface area contributed by atoms with Crippen LogP contribution < -0.4 is 9.47 Å². The molecule has 114 valence electrons. The number of alkyl halides is 6. The molecule has 20 heavy (non-hydrogen) atoms. The maximum absolute atomic E-state index is 13.3. The Balaban J connectivity index is 3.33. The minimum absolute atomic E-state index is 0.0425. The van der Waals surface area contributed by atoms with E-state index in [-0.39, 0.29) is 21.5 Å². The van der Waals surface area contributed by atoms with E-state index < -0.39 is 16.9 Å². The maximum atomic E-state index is 13.3. The lowest BCUT2D eigenvalue weighted by Crippen LogP contribution is -2.40. The minimum atomic E-state index is -5.67. The second-order valence-corrected chi connectivity index (χ2v) is 5.48. The molecule has 0 saturated carbocycles. The fraction of sp³-hybridized carbons (Fsp3) is 0.455. The zero-order chi connectivity index (χ0) is 15.7. The van der Waals surface area contributed by atoms with Gasteiger partial charge in [-0.1, -0.05) is 31.9 Å². The standard InChI is InChI=1S/C11H9Br2F5O2/c1-19-7-3-5(6(12)4-8(7)20-2)9(13)10(14,15)11(16,17)18/h3-4,9H,1-2H3. The van der Waals surface area contributed by atoms with E-state index in [1.54, 1.807) is 0 Å². The summed E-state index contributed by atoms with van der Waals surface area (Å²) in [6.45, 7) is 0. The molecule has 0 aliphatic rings. The largest absolute Gasteiger partial charge is 0.493 e. The molecule has 1 unspecified atom stereocenters. The summed E-state index contributed by atoms with van der Waals surface area (Å²) in [4.78, 5) is -2.26. The topological polar surface area (TPSA) is 18.5 Å². The highest BCUT2D eigenvalue weighted by molar-refractivity contribution is 9.11. The molecule has 1 aromatic rings. The van der Waals surface area contributed by atoms with Crippen molar-refractivity contribution < 1.29 is 31.4 Å². The van der Waals surface area contributed by atoms with Crippen LogP contribution in [0.15, 0.2) is 16.6 Å². The molecule has 1 aromatic carbocycles. The molecule has 1 atom stereocenters. The number of methoxy groups -OCH3 is 2. The van der Waals surface area contributed by atoms with Gasteiger partial charge in [-0.3, -0.25) is 0 Å². The van der Waals surface area contributed by atoms with E-state index >= 15 is 0 Å². The smallest absolute Gasteiger partial charge is 0.454 e. The van der Waals surface area contributed by atoms with E-state index in [9.17, 15) is 22.0 Å². The van der Waals surface area contributed by atoms with Gasteiger partial charge >= 0.3 is 12.1 Å². The summed E-state index contributed by atoms with van der Waals surface area (Å²) in [5.74, 6) is -4.68. The van der Waals surface area contributed by atoms with Crippen LogP contribution in [-0.2, 0) is 0 Å². The van der Waals surface area contributed by atoms with Crippen molar-refractivity contribution in [1.29, 1.82) is 0 Å². The van der Waals surface area contributed by atoms with Gasteiger partial charge in [0, 0.05) is 4.47 Å². The summed E-state index contributed by atoms with van der Waals surface area (Å²) in [5, 5.41) is 0. The van der Waals surface area contributed by atoms with Crippen LogP contribution >= 0.6 is 31.9 Å². The predicted molar refractivity (Wildman–Crippen MR) is 69.9 cm³/mol. The molecular formula is C11H9Br2F5O2. The van der Waals surface area contributed by atoms with Crippen LogP contribution in [0.5, 0.6) is 11.5 Å². The first kappa shape index (κ1) is 17.5. The average Bonchev–Trinajstić information content (AvgIpc) is 2.36. The Hall–Kier alpha value is -0.570. The molecule has 0 N–H and O–H groups in total. The molecule has 0 radical (unpaired) electrons. The Bertz CT molecular complexity index is 490. The van der Waals surface area contributed by atoms with Crippen molar-refractivity contribution in [2.45, 2.75) is 16.9 Å². The van der Waals surface area contributed by atoms with E-state index in [1.807, 2.05) is 0 Å². The first-order chi connectivity index (χ1) is 9.06. The van der Waals surface area contributed by atoms with Gasteiger partial charge in [-0.2, -0.15) is 22.0 Å². The minimum Gasteiger partial charge on any atom is -0.493 e. The Morgan fingerprint density at radius 1 is 1.00 bits per heavy atom. The number of hydrogen-bond acceptors (Lipinski definition) is 2. The van der Waals surface area contributed by atoms with E-state index in [2.05, 4.69) is 31.9 Å². The van der Waals surface area contributed by atoms with Crippen molar-refractivity contribution in [2.75, 3.05) is 14.2 Å². The molecule has 0 amide bonds. The first-order valence-electron chi connectivity index (χ1n) is 5.06. The van der Waals surface area contributed by atoms with Crippen LogP contribution in [0, 0.1) is 0 Å². The maximum Gasteiger partial charge on any atom is 0.454 e. The average molecular weight is 428 g/mol. The van der Waals surface area contributed by atoms with Crippen LogP contribution in [0.4, 0.5) is 22.0 Å². The van der Waals surface area contributed by atoms with Crippen LogP contribution in [-0.4, -0.2) is 26.3 Å². The highest BCUT2D eigenvalue weighted by Crippen LogP contribution is 2.51. The van der Waals surface area contributed by atoms with E-state index in [0.717, 1.165) is 6.07 Å². The van der Waals surface area contributed by atoms with Gasteiger partial charge < -0.3 is 9.47 Å². The molecule has 0 aromatic heterocycles. The monoisotopic (exact) mass is 426 g/mol. The molecule has 0 bridgehead atoms. The van der Waals surface area contributed by atoms with Gasteiger partial charge in [-0.05, 0) is 17.7 Å². The second kappa shape index (κ2) is 6.05. The highest BCUT2D eigenvalue weighted by atomic mass is 79.9. The van der Waals surface area contributed by atoms with Gasteiger partial charge in [0.05, 0.1) is 14.2 Å². The summed E-state index contributed by atoms with van der Waals surface area (Å²) < 4.78 is 73.7. The number of halogens is 7. The van der Waals surface area contributed by atoms with Gasteiger partial charge in [0.15, 0.2) is 11.5 Å². The van der Waals surface area contributed by atoms with Crippen molar-refractivity contribution in [2.24, 2.45) is 0 Å². The van der Waals surface area contributed by atoms with Crippen molar-refractivity contribution in [1.82, 2.24) is 0 Å². The molecule has 0 spiro atoms. The van der Waals surface area contributed by atoms with E-state index in [4.69, 9.17) is 9.47 Å². The summed E-state index contributed by atoms with van der Waals surface area (Å²) in [6.07, 6.45) is -5.67. The SMILES string of the molecule is COc1cc(Br)c(C(Br)C(F)(F)C(F)(F)F)cc1OC. The number of hydrogen-bond donors (Lipinski definition) is 0. The number of rotatable bonds is 4. The Morgan fingerprint density at radius 3 is 1.85 bits per heavy atom. The fourth-order valence-electron chi connectivity index (χ4n) is 1.40. The molecule has 1 rings (SSSR count). The van der Waals surface area contributed by atoms with E-state index in [0.29, 0.717) is 0 Å². The van der Waals surface area contributed by atoms with Crippen molar-refractivity contribution >= 4 is 31.9 Å². The lowest BCUT2D eigenvalue weighted by molar-refractivity contribution is -0.281. The quantitative estimate of drug-likeness (QED) is 0.491. The number of ether oxygens (including phenoxy) is 2. The van der Waals surface area contributed by atoms with Gasteiger partial charge in [-0.25, -0.2) is 0 Å². The summed E-state index contributed by atoms with van der Waals surface area (Å²) in [5.41, 5.74) is -0.301. The third-order valence-electron chi connectivity index (χ3n) is 2.47. The van der Waals surface area contributed by atoms with Crippen LogP contribution in [0.25, 0.3) is 0 Å². The zero-order valence-corrected chi connectivity index (χ0v) is 13.4. The lowest BCUT2D eigenvalue weighted by Gasteiger charge is -2.26. The van der Waals surface area contributed by atoms with Gasteiger partial charge in [0.2, 0.25) is 0 Å². The normalized spacial score (nSPS) is 14.1. The predicted octanol–water partition coefficient (Wildman–Crippen LogP) is 5.10. The van der Waals surface area contributed by atoms with Crippen molar-refractivity contribution in [3.8, 4) is 11.5 Å². The summed E-state index contributed by atoms with van der Waals surface area (Å²) >= 11 is 5.35. The van der Waals surface area contributed by atoms with Crippen LogP contribution in [0.1, 0.15) is 10.4 Å². The summed E-state index contributed by atoms with van der Waals surface area (Å²) in [7, 11) is 2.57. The molecule has 0 fully saturated rings. The fourth-order valence-corrected chi connectivity index (χ4v) is 2.90. The first-order valence-corrected chi connectivity index (χ1v) is 6.77. The van der Waals surface area contributed by atoms with Gasteiger partial charge in [0.25, 0.3) is 0 Å². The zero-order valence-electron chi connectivity index (χ0n) is 10.2. The molecule has 2 nitrogen and oxygen atoms in total. The molecule has 0 saturated heterocycles. The molecule has 0 aliphatic heterocycles. The van der Waals surface area contributed by atoms with Crippen molar-refractivity contribution in [3.63, 3.8) is 0 Å². The molecule has 0 heterocycles. The Kier molecular flexibility index (Phi) is 5.29. The van der Waals surface area contributed by atoms with Crippen LogP contribution in [0.2, 0.25) is 0 Å². The van der Waals surface area contributed by atoms with Gasteiger partial charge in [0.1, 0.15) is 4.83 Å².